The molecule has 0 aliphatic carbocycles. The number of aliphatic hydroxyl groups excluding tert-OH is 1. The molecule has 2 aromatic heterocycles. The second kappa shape index (κ2) is 6.35. The minimum absolute atomic E-state index is 0.146. The van der Waals surface area contributed by atoms with Gasteiger partial charge in [-0.05, 0) is 20.3 Å². The average Bonchev–Trinajstić information content (AvgIpc) is 3.38. The number of nitrogens with one attached hydrogen (secondary N) is 1. The Hall–Kier alpha value is -1.85. The van der Waals surface area contributed by atoms with E-state index in [4.69, 9.17) is 18.9 Å². The molecule has 10 heteroatoms. The van der Waals surface area contributed by atoms with Crippen LogP contribution in [0.25, 0.3) is 11.2 Å². The van der Waals surface area contributed by atoms with Crippen LogP contribution in [-0.2, 0) is 18.9 Å². The van der Waals surface area contributed by atoms with Crippen LogP contribution >= 0.6 is 0 Å². The molecule has 146 valence electrons. The van der Waals surface area contributed by atoms with Crippen molar-refractivity contribution in [1.82, 2.24) is 19.5 Å². The van der Waals surface area contributed by atoms with Gasteiger partial charge in [-0.2, -0.15) is 0 Å². The first-order valence-corrected chi connectivity index (χ1v) is 9.19. The highest BCUT2D eigenvalue weighted by atomic mass is 16.8. The van der Waals surface area contributed by atoms with Gasteiger partial charge in [0.05, 0.1) is 25.6 Å². The van der Waals surface area contributed by atoms with Gasteiger partial charge in [0, 0.05) is 6.61 Å². The maximum absolute atomic E-state index is 9.68. The molecule has 0 amide bonds. The van der Waals surface area contributed by atoms with Gasteiger partial charge in [-0.15, -0.1) is 0 Å². The molecule has 2 aromatic rings. The fraction of sp³-hybridized carbons (Fsp3) is 0.706. The fourth-order valence-corrected chi connectivity index (χ4v) is 4.02. The molecular weight excluding hydrogens is 354 g/mol. The summed E-state index contributed by atoms with van der Waals surface area (Å²) in [4.78, 5) is 13.2. The van der Waals surface area contributed by atoms with Crippen LogP contribution in [0.4, 0.5) is 5.82 Å². The molecule has 0 saturated carbocycles. The Morgan fingerprint density at radius 3 is 2.89 bits per heavy atom. The standard InChI is InChI=1S/C17H23N5O5/c1-17(2)26-12-10(5-23)25-16(13(12)27-17)22-8-20-11-14(18-7-19-15(11)22)21-9-3-4-24-6-9/h7-10,12-13,16,23H,3-6H2,1-2H3,(H,18,19,21). The van der Waals surface area contributed by atoms with Crippen molar-refractivity contribution in [2.24, 2.45) is 0 Å². The zero-order valence-electron chi connectivity index (χ0n) is 15.2. The Bertz CT molecular complexity index is 836. The van der Waals surface area contributed by atoms with Crippen LogP contribution in [0, 0.1) is 0 Å². The molecule has 10 nitrogen and oxygen atoms in total. The highest BCUT2D eigenvalue weighted by molar-refractivity contribution is 5.82. The van der Waals surface area contributed by atoms with Gasteiger partial charge in [-0.3, -0.25) is 4.57 Å². The van der Waals surface area contributed by atoms with Gasteiger partial charge >= 0.3 is 0 Å². The number of fused-ring (bicyclic) bond motifs is 2. The maximum atomic E-state index is 9.68. The molecule has 5 unspecified atom stereocenters. The molecule has 5 rings (SSSR count). The van der Waals surface area contributed by atoms with Crippen molar-refractivity contribution < 1.29 is 24.1 Å². The number of anilines is 1. The van der Waals surface area contributed by atoms with Gasteiger partial charge in [-0.25, -0.2) is 15.0 Å². The van der Waals surface area contributed by atoms with E-state index in [1.165, 1.54) is 6.33 Å². The van der Waals surface area contributed by atoms with Gasteiger partial charge in [0.1, 0.15) is 24.6 Å². The molecule has 0 radical (unpaired) electrons. The average molecular weight is 377 g/mol. The van der Waals surface area contributed by atoms with E-state index in [0.29, 0.717) is 23.6 Å². The molecule has 3 saturated heterocycles. The maximum Gasteiger partial charge on any atom is 0.167 e. The number of ether oxygens (including phenoxy) is 4. The topological polar surface area (TPSA) is 113 Å². The lowest BCUT2D eigenvalue weighted by molar-refractivity contribution is -0.199. The Kier molecular flexibility index (Phi) is 4.06. The minimum Gasteiger partial charge on any atom is -0.394 e. The summed E-state index contributed by atoms with van der Waals surface area (Å²) < 4.78 is 25.2. The Morgan fingerprint density at radius 2 is 2.11 bits per heavy atom. The number of hydrogen-bond donors (Lipinski definition) is 2. The first kappa shape index (κ1) is 17.3. The van der Waals surface area contributed by atoms with Crippen LogP contribution < -0.4 is 5.32 Å². The number of nitrogens with zero attached hydrogens (tertiary/aromatic N) is 4. The molecule has 3 aliphatic rings. The zero-order valence-corrected chi connectivity index (χ0v) is 15.2. The van der Waals surface area contributed by atoms with Crippen LogP contribution in [0.1, 0.15) is 26.5 Å². The third-order valence-electron chi connectivity index (χ3n) is 5.21. The Morgan fingerprint density at radius 1 is 1.26 bits per heavy atom. The number of rotatable bonds is 4. The summed E-state index contributed by atoms with van der Waals surface area (Å²) in [6.45, 7) is 4.97. The predicted octanol–water partition coefficient (Wildman–Crippen LogP) is 0.437. The Labute approximate surface area is 155 Å². The molecule has 0 aromatic carbocycles. The summed E-state index contributed by atoms with van der Waals surface area (Å²) in [5, 5.41) is 13.1. The van der Waals surface area contributed by atoms with Crippen molar-refractivity contribution in [3.8, 4) is 0 Å². The summed E-state index contributed by atoms with van der Waals surface area (Å²) in [6.07, 6.45) is 2.45. The van der Waals surface area contributed by atoms with Crippen molar-refractivity contribution in [3.05, 3.63) is 12.7 Å². The van der Waals surface area contributed by atoms with Crippen molar-refractivity contribution in [2.45, 2.75) is 56.6 Å². The molecule has 3 aliphatic heterocycles. The van der Waals surface area contributed by atoms with Crippen LogP contribution in [0.2, 0.25) is 0 Å². The minimum atomic E-state index is -0.731. The Balaban J connectivity index is 1.48. The summed E-state index contributed by atoms with van der Waals surface area (Å²) >= 11 is 0. The largest absolute Gasteiger partial charge is 0.394 e. The molecular formula is C17H23N5O5. The van der Waals surface area contributed by atoms with E-state index in [1.54, 1.807) is 6.33 Å². The van der Waals surface area contributed by atoms with E-state index in [0.717, 1.165) is 13.0 Å². The molecule has 27 heavy (non-hydrogen) atoms. The van der Waals surface area contributed by atoms with E-state index in [-0.39, 0.29) is 24.9 Å². The van der Waals surface area contributed by atoms with E-state index < -0.39 is 18.1 Å². The lowest BCUT2D eigenvalue weighted by atomic mass is 10.1. The monoisotopic (exact) mass is 377 g/mol. The second-order valence-corrected chi connectivity index (χ2v) is 7.56. The highest BCUT2D eigenvalue weighted by Gasteiger charge is 2.56. The highest BCUT2D eigenvalue weighted by Crippen LogP contribution is 2.43. The van der Waals surface area contributed by atoms with Crippen LogP contribution in [0.5, 0.6) is 0 Å². The molecule has 0 spiro atoms. The lowest BCUT2D eigenvalue weighted by Crippen LogP contribution is -2.31. The number of hydrogen-bond acceptors (Lipinski definition) is 9. The fourth-order valence-electron chi connectivity index (χ4n) is 4.02. The van der Waals surface area contributed by atoms with Crippen molar-refractivity contribution >= 4 is 17.0 Å². The van der Waals surface area contributed by atoms with E-state index >= 15 is 0 Å². The van der Waals surface area contributed by atoms with Crippen LogP contribution in [0.15, 0.2) is 12.7 Å². The second-order valence-electron chi connectivity index (χ2n) is 7.56. The summed E-state index contributed by atoms with van der Waals surface area (Å²) in [6, 6.07) is 0.214. The SMILES string of the molecule is CC1(C)OC2C(CO)OC(n3cnc4c(NC5CCOC5)ncnc43)C2O1. The lowest BCUT2D eigenvalue weighted by Gasteiger charge is -2.24. The van der Waals surface area contributed by atoms with Gasteiger partial charge in [0.15, 0.2) is 29.0 Å². The third kappa shape index (κ3) is 2.88. The quantitative estimate of drug-likeness (QED) is 0.783. The van der Waals surface area contributed by atoms with Crippen LogP contribution in [-0.4, -0.2) is 74.6 Å². The molecule has 0 bridgehead atoms. The molecule has 3 fully saturated rings. The first-order valence-electron chi connectivity index (χ1n) is 9.19. The summed E-state index contributed by atoms with van der Waals surface area (Å²) in [5.41, 5.74) is 1.30. The van der Waals surface area contributed by atoms with Crippen LogP contribution in [0.3, 0.4) is 0 Å². The third-order valence-corrected chi connectivity index (χ3v) is 5.21. The van der Waals surface area contributed by atoms with Crippen molar-refractivity contribution in [2.75, 3.05) is 25.1 Å². The van der Waals surface area contributed by atoms with Gasteiger partial charge in [0.2, 0.25) is 0 Å². The van der Waals surface area contributed by atoms with Gasteiger partial charge in [0.25, 0.3) is 0 Å². The summed E-state index contributed by atoms with van der Waals surface area (Å²) in [5.74, 6) is -0.0582. The summed E-state index contributed by atoms with van der Waals surface area (Å²) in [7, 11) is 0. The first-order chi connectivity index (χ1) is 13.1. The predicted molar refractivity (Wildman–Crippen MR) is 93.0 cm³/mol. The normalized spacial score (nSPS) is 35.0. The van der Waals surface area contributed by atoms with Crippen molar-refractivity contribution in [3.63, 3.8) is 0 Å². The van der Waals surface area contributed by atoms with Crippen molar-refractivity contribution in [1.29, 1.82) is 0 Å². The number of aromatic nitrogens is 4. The smallest absolute Gasteiger partial charge is 0.167 e. The molecule has 2 N–H and O–H groups in total. The molecule has 5 atom stereocenters. The van der Waals surface area contributed by atoms with E-state index in [9.17, 15) is 5.11 Å². The van der Waals surface area contributed by atoms with E-state index in [1.807, 2.05) is 18.4 Å². The zero-order chi connectivity index (χ0) is 18.6. The number of imidazole rings is 1. The van der Waals surface area contributed by atoms with E-state index in [2.05, 4.69) is 20.3 Å². The number of aliphatic hydroxyl groups is 1. The molecule has 5 heterocycles. The van der Waals surface area contributed by atoms with Gasteiger partial charge < -0.3 is 29.4 Å². The van der Waals surface area contributed by atoms with Gasteiger partial charge in [-0.1, -0.05) is 0 Å².